The molecule has 0 unspecified atom stereocenters. The molecule has 0 radical (unpaired) electrons. The number of nitrogens with one attached hydrogen (secondary N) is 1. The normalized spacial score (nSPS) is 25.5. The van der Waals surface area contributed by atoms with Crippen LogP contribution in [0.5, 0.6) is 5.75 Å². The standard InChI is InChI=1S/C12H17NO2/c1-8-3-4-10(5-9(8)2)15-12-7-13-6-11(12)14/h3-5,11-14H,6-7H2,1-2H3/t11-,12-/m0/s1. The average Bonchev–Trinajstić information content (AvgIpc) is 2.59. The van der Waals surface area contributed by atoms with Crippen LogP contribution in [0.15, 0.2) is 18.2 Å². The second kappa shape index (κ2) is 4.21. The van der Waals surface area contributed by atoms with Crippen LogP contribution in [0.4, 0.5) is 0 Å². The van der Waals surface area contributed by atoms with E-state index in [4.69, 9.17) is 4.74 Å². The minimum absolute atomic E-state index is 0.118. The molecule has 82 valence electrons. The molecule has 0 bridgehead atoms. The number of aliphatic hydroxyl groups excluding tert-OH is 1. The van der Waals surface area contributed by atoms with Gasteiger partial charge in [-0.2, -0.15) is 0 Å². The molecule has 1 aromatic rings. The largest absolute Gasteiger partial charge is 0.486 e. The summed E-state index contributed by atoms with van der Waals surface area (Å²) in [5, 5.41) is 12.7. The summed E-state index contributed by atoms with van der Waals surface area (Å²) < 4.78 is 5.71. The summed E-state index contributed by atoms with van der Waals surface area (Å²) in [6.07, 6.45) is -0.515. The summed E-state index contributed by atoms with van der Waals surface area (Å²) in [6.45, 7) is 5.47. The van der Waals surface area contributed by atoms with Gasteiger partial charge in [0.25, 0.3) is 0 Å². The average molecular weight is 207 g/mol. The summed E-state index contributed by atoms with van der Waals surface area (Å²) in [5.41, 5.74) is 2.47. The lowest BCUT2D eigenvalue weighted by Crippen LogP contribution is -2.29. The first-order valence-electron chi connectivity index (χ1n) is 5.29. The van der Waals surface area contributed by atoms with E-state index in [1.807, 2.05) is 18.2 Å². The van der Waals surface area contributed by atoms with E-state index in [1.165, 1.54) is 11.1 Å². The number of hydrogen-bond acceptors (Lipinski definition) is 3. The highest BCUT2D eigenvalue weighted by Crippen LogP contribution is 2.19. The van der Waals surface area contributed by atoms with Crippen molar-refractivity contribution in [1.29, 1.82) is 0 Å². The molecule has 1 saturated heterocycles. The van der Waals surface area contributed by atoms with Gasteiger partial charge in [0.1, 0.15) is 18.0 Å². The topological polar surface area (TPSA) is 41.5 Å². The Morgan fingerprint density at radius 2 is 2.07 bits per heavy atom. The molecule has 1 aliphatic rings. The predicted octanol–water partition coefficient (Wildman–Crippen LogP) is 1.01. The molecule has 1 aromatic carbocycles. The van der Waals surface area contributed by atoms with E-state index in [1.54, 1.807) is 0 Å². The van der Waals surface area contributed by atoms with Crippen LogP contribution < -0.4 is 10.1 Å². The molecule has 15 heavy (non-hydrogen) atoms. The Morgan fingerprint density at radius 1 is 1.27 bits per heavy atom. The van der Waals surface area contributed by atoms with E-state index >= 15 is 0 Å². The first-order valence-corrected chi connectivity index (χ1v) is 5.29. The van der Waals surface area contributed by atoms with Crippen molar-refractivity contribution in [2.75, 3.05) is 13.1 Å². The monoisotopic (exact) mass is 207 g/mol. The molecule has 3 nitrogen and oxygen atoms in total. The van der Waals surface area contributed by atoms with Gasteiger partial charge >= 0.3 is 0 Å². The van der Waals surface area contributed by atoms with Crippen molar-refractivity contribution in [3.63, 3.8) is 0 Å². The van der Waals surface area contributed by atoms with Gasteiger partial charge in [-0.05, 0) is 37.1 Å². The minimum atomic E-state index is -0.397. The maximum absolute atomic E-state index is 9.59. The van der Waals surface area contributed by atoms with Crippen molar-refractivity contribution in [3.8, 4) is 5.75 Å². The maximum Gasteiger partial charge on any atom is 0.138 e. The summed E-state index contributed by atoms with van der Waals surface area (Å²) in [5.74, 6) is 0.839. The summed E-state index contributed by atoms with van der Waals surface area (Å²) in [6, 6.07) is 6.01. The van der Waals surface area contributed by atoms with E-state index in [2.05, 4.69) is 19.2 Å². The highest BCUT2D eigenvalue weighted by molar-refractivity contribution is 5.34. The summed E-state index contributed by atoms with van der Waals surface area (Å²) in [4.78, 5) is 0. The fourth-order valence-corrected chi connectivity index (χ4v) is 1.72. The molecule has 2 atom stereocenters. The summed E-state index contributed by atoms with van der Waals surface area (Å²) in [7, 11) is 0. The maximum atomic E-state index is 9.59. The minimum Gasteiger partial charge on any atom is -0.486 e. The van der Waals surface area contributed by atoms with Gasteiger partial charge in [-0.25, -0.2) is 0 Å². The highest BCUT2D eigenvalue weighted by atomic mass is 16.5. The first kappa shape index (κ1) is 10.5. The van der Waals surface area contributed by atoms with Crippen LogP contribution in [0, 0.1) is 13.8 Å². The third-order valence-corrected chi connectivity index (χ3v) is 2.89. The molecule has 3 heteroatoms. The van der Waals surface area contributed by atoms with Crippen LogP contribution in [-0.4, -0.2) is 30.4 Å². The van der Waals surface area contributed by atoms with Crippen LogP contribution in [0.2, 0.25) is 0 Å². The van der Waals surface area contributed by atoms with Crippen molar-refractivity contribution in [2.45, 2.75) is 26.1 Å². The molecule has 0 amide bonds. The highest BCUT2D eigenvalue weighted by Gasteiger charge is 2.26. The Kier molecular flexibility index (Phi) is 2.93. The Hall–Kier alpha value is -1.06. The van der Waals surface area contributed by atoms with E-state index in [-0.39, 0.29) is 6.10 Å². The van der Waals surface area contributed by atoms with Crippen molar-refractivity contribution in [1.82, 2.24) is 5.32 Å². The van der Waals surface area contributed by atoms with Crippen molar-refractivity contribution in [3.05, 3.63) is 29.3 Å². The van der Waals surface area contributed by atoms with Crippen molar-refractivity contribution >= 4 is 0 Å². The van der Waals surface area contributed by atoms with Crippen LogP contribution >= 0.6 is 0 Å². The number of ether oxygens (including phenoxy) is 1. The quantitative estimate of drug-likeness (QED) is 0.760. The molecular weight excluding hydrogens is 190 g/mol. The van der Waals surface area contributed by atoms with E-state index in [0.717, 1.165) is 5.75 Å². The van der Waals surface area contributed by atoms with E-state index in [0.29, 0.717) is 13.1 Å². The molecule has 2 rings (SSSR count). The van der Waals surface area contributed by atoms with Crippen LogP contribution in [0.25, 0.3) is 0 Å². The van der Waals surface area contributed by atoms with Gasteiger partial charge in [0.05, 0.1) is 0 Å². The Balaban J connectivity index is 2.07. The molecule has 1 fully saturated rings. The van der Waals surface area contributed by atoms with E-state index < -0.39 is 6.10 Å². The predicted molar refractivity (Wildman–Crippen MR) is 59.2 cm³/mol. The van der Waals surface area contributed by atoms with Gasteiger partial charge in [-0.15, -0.1) is 0 Å². The number of benzene rings is 1. The fourth-order valence-electron chi connectivity index (χ4n) is 1.72. The number of aliphatic hydroxyl groups is 1. The Bertz CT molecular complexity index is 351. The number of rotatable bonds is 2. The molecular formula is C12H17NO2. The molecule has 1 aliphatic heterocycles. The molecule has 1 heterocycles. The second-order valence-corrected chi connectivity index (χ2v) is 4.13. The zero-order valence-electron chi connectivity index (χ0n) is 9.16. The van der Waals surface area contributed by atoms with Crippen molar-refractivity contribution in [2.24, 2.45) is 0 Å². The van der Waals surface area contributed by atoms with Crippen LogP contribution in [0.1, 0.15) is 11.1 Å². The zero-order valence-corrected chi connectivity index (χ0v) is 9.16. The zero-order chi connectivity index (χ0) is 10.8. The molecule has 0 spiro atoms. The Labute approximate surface area is 90.1 Å². The Morgan fingerprint density at radius 3 is 2.67 bits per heavy atom. The van der Waals surface area contributed by atoms with Gasteiger partial charge in [0.15, 0.2) is 0 Å². The number of β-amino-alcohol motifs (C(OH)–C–C–N with tert-alkyl or cyclic N) is 1. The number of hydrogen-bond donors (Lipinski definition) is 2. The lowest BCUT2D eigenvalue weighted by atomic mass is 10.1. The van der Waals surface area contributed by atoms with Gasteiger partial charge in [0.2, 0.25) is 0 Å². The van der Waals surface area contributed by atoms with Crippen LogP contribution in [0.3, 0.4) is 0 Å². The fraction of sp³-hybridized carbons (Fsp3) is 0.500. The lowest BCUT2D eigenvalue weighted by Gasteiger charge is -2.16. The van der Waals surface area contributed by atoms with E-state index in [9.17, 15) is 5.11 Å². The summed E-state index contributed by atoms with van der Waals surface area (Å²) >= 11 is 0. The van der Waals surface area contributed by atoms with Gasteiger partial charge in [-0.3, -0.25) is 0 Å². The van der Waals surface area contributed by atoms with Gasteiger partial charge in [0, 0.05) is 13.1 Å². The second-order valence-electron chi connectivity index (χ2n) is 4.13. The molecule has 0 aromatic heterocycles. The third kappa shape index (κ3) is 2.30. The SMILES string of the molecule is Cc1ccc(O[C@H]2CNC[C@@H]2O)cc1C. The van der Waals surface area contributed by atoms with Gasteiger partial charge in [-0.1, -0.05) is 6.07 Å². The van der Waals surface area contributed by atoms with Gasteiger partial charge < -0.3 is 15.2 Å². The smallest absolute Gasteiger partial charge is 0.138 e. The lowest BCUT2D eigenvalue weighted by molar-refractivity contribution is 0.0737. The number of aryl methyl sites for hydroxylation is 2. The third-order valence-electron chi connectivity index (χ3n) is 2.89. The molecule has 2 N–H and O–H groups in total. The molecule has 0 saturated carbocycles. The first-order chi connectivity index (χ1) is 7.16. The van der Waals surface area contributed by atoms with Crippen molar-refractivity contribution < 1.29 is 9.84 Å². The van der Waals surface area contributed by atoms with Crippen LogP contribution in [-0.2, 0) is 0 Å². The molecule has 0 aliphatic carbocycles.